The van der Waals surface area contributed by atoms with Crippen LogP contribution in [0.3, 0.4) is 0 Å². The maximum atomic E-state index is 6.21. The van der Waals surface area contributed by atoms with Crippen LogP contribution in [0.1, 0.15) is 19.8 Å². The van der Waals surface area contributed by atoms with Crippen molar-refractivity contribution < 1.29 is 0 Å². The largest absolute Gasteiger partial charge is 0.380 e. The minimum Gasteiger partial charge on any atom is -0.380 e. The van der Waals surface area contributed by atoms with Gasteiger partial charge in [-0.2, -0.15) is 0 Å². The lowest BCUT2D eigenvalue weighted by atomic mass is 9.90. The molecule has 0 aromatic heterocycles. The van der Waals surface area contributed by atoms with Crippen LogP contribution in [0, 0.1) is 5.92 Å². The summed E-state index contributed by atoms with van der Waals surface area (Å²) in [5, 5.41) is 4.32. The van der Waals surface area contributed by atoms with Gasteiger partial charge in [0.15, 0.2) is 0 Å². The molecule has 3 rings (SSSR count). The zero-order chi connectivity index (χ0) is 11.1. The van der Waals surface area contributed by atoms with Crippen LogP contribution in [0.2, 0.25) is 5.02 Å². The van der Waals surface area contributed by atoms with Gasteiger partial charge >= 0.3 is 0 Å². The van der Waals surface area contributed by atoms with Crippen molar-refractivity contribution in [1.29, 1.82) is 0 Å². The fourth-order valence-corrected chi connectivity index (χ4v) is 3.15. The first kappa shape index (κ1) is 10.3. The second-order valence-corrected chi connectivity index (χ2v) is 5.40. The lowest BCUT2D eigenvalue weighted by Gasteiger charge is -2.44. The molecule has 1 saturated heterocycles. The second kappa shape index (κ2) is 3.85. The van der Waals surface area contributed by atoms with E-state index in [-0.39, 0.29) is 0 Å². The first-order valence-electron chi connectivity index (χ1n) is 6.04. The van der Waals surface area contributed by atoms with Crippen molar-refractivity contribution in [3.63, 3.8) is 0 Å². The zero-order valence-corrected chi connectivity index (χ0v) is 10.3. The number of para-hydroxylation sites is 1. The third-order valence-electron chi connectivity index (χ3n) is 3.79. The molecule has 0 saturated carbocycles. The summed E-state index contributed by atoms with van der Waals surface area (Å²) in [6, 6.07) is 6.83. The number of piperidine rings is 1. The molecular weight excluding hydrogens is 220 g/mol. The SMILES string of the molecule is CC1CCN2c3cccc(Cl)c3NCC2C1. The lowest BCUT2D eigenvalue weighted by Crippen LogP contribution is -2.48. The molecule has 0 spiro atoms. The van der Waals surface area contributed by atoms with Crippen LogP contribution >= 0.6 is 11.6 Å². The number of fused-ring (bicyclic) bond motifs is 3. The van der Waals surface area contributed by atoms with E-state index in [4.69, 9.17) is 11.6 Å². The summed E-state index contributed by atoms with van der Waals surface area (Å²) < 4.78 is 0. The van der Waals surface area contributed by atoms with E-state index in [0.717, 1.165) is 23.2 Å². The van der Waals surface area contributed by atoms with Gasteiger partial charge in [-0.25, -0.2) is 0 Å². The summed E-state index contributed by atoms with van der Waals surface area (Å²) in [6.07, 6.45) is 2.58. The van der Waals surface area contributed by atoms with Crippen molar-refractivity contribution in [1.82, 2.24) is 0 Å². The Bertz CT molecular complexity index is 405. The first-order valence-corrected chi connectivity index (χ1v) is 6.42. The number of benzene rings is 1. The molecule has 16 heavy (non-hydrogen) atoms. The van der Waals surface area contributed by atoms with Gasteiger partial charge in [-0.3, -0.25) is 0 Å². The first-order chi connectivity index (χ1) is 7.75. The third kappa shape index (κ3) is 1.56. The van der Waals surface area contributed by atoms with Gasteiger partial charge < -0.3 is 10.2 Å². The summed E-state index contributed by atoms with van der Waals surface area (Å²) >= 11 is 6.21. The molecule has 1 aromatic rings. The number of rotatable bonds is 0. The molecule has 0 bridgehead atoms. The van der Waals surface area contributed by atoms with Gasteiger partial charge in [0.1, 0.15) is 0 Å². The van der Waals surface area contributed by atoms with E-state index >= 15 is 0 Å². The molecule has 2 heterocycles. The molecule has 2 aliphatic heterocycles. The third-order valence-corrected chi connectivity index (χ3v) is 4.11. The Labute approximate surface area is 102 Å². The fourth-order valence-electron chi connectivity index (χ4n) is 2.91. The fraction of sp³-hybridized carbons (Fsp3) is 0.538. The van der Waals surface area contributed by atoms with E-state index in [2.05, 4.69) is 23.2 Å². The highest BCUT2D eigenvalue weighted by atomic mass is 35.5. The van der Waals surface area contributed by atoms with Crippen LogP contribution in [0.5, 0.6) is 0 Å². The summed E-state index contributed by atoms with van der Waals surface area (Å²) in [4.78, 5) is 2.53. The van der Waals surface area contributed by atoms with Gasteiger partial charge in [0.2, 0.25) is 0 Å². The molecule has 2 aliphatic rings. The smallest absolute Gasteiger partial charge is 0.0768 e. The molecule has 1 aromatic carbocycles. The number of halogens is 1. The van der Waals surface area contributed by atoms with E-state index in [1.807, 2.05) is 12.1 Å². The predicted molar refractivity (Wildman–Crippen MR) is 69.5 cm³/mol. The highest BCUT2D eigenvalue weighted by Gasteiger charge is 2.31. The molecule has 0 radical (unpaired) electrons. The average Bonchev–Trinajstić information content (AvgIpc) is 2.28. The van der Waals surface area contributed by atoms with Crippen LogP contribution in [0.15, 0.2) is 18.2 Å². The lowest BCUT2D eigenvalue weighted by molar-refractivity contribution is 0.367. The van der Waals surface area contributed by atoms with Gasteiger partial charge in [-0.1, -0.05) is 24.6 Å². The normalized spacial score (nSPS) is 28.0. The standard InChI is InChI=1S/C13H17ClN2/c1-9-5-6-16-10(7-9)8-15-13-11(14)3-2-4-12(13)16/h2-4,9-10,15H,5-8H2,1H3. The van der Waals surface area contributed by atoms with E-state index in [9.17, 15) is 0 Å². The van der Waals surface area contributed by atoms with E-state index < -0.39 is 0 Å². The van der Waals surface area contributed by atoms with Crippen LogP contribution in [0.25, 0.3) is 0 Å². The highest BCUT2D eigenvalue weighted by Crippen LogP contribution is 2.40. The number of nitrogens with one attached hydrogen (secondary N) is 1. The van der Waals surface area contributed by atoms with Gasteiger partial charge in [0, 0.05) is 19.1 Å². The zero-order valence-electron chi connectivity index (χ0n) is 9.54. The minimum absolute atomic E-state index is 0.648. The number of anilines is 2. The van der Waals surface area contributed by atoms with Crippen molar-refractivity contribution in [3.05, 3.63) is 23.2 Å². The van der Waals surface area contributed by atoms with Crippen molar-refractivity contribution in [2.24, 2.45) is 5.92 Å². The van der Waals surface area contributed by atoms with Crippen LogP contribution in [-0.4, -0.2) is 19.1 Å². The Kier molecular flexibility index (Phi) is 2.47. The molecule has 3 heteroatoms. The van der Waals surface area contributed by atoms with E-state index in [1.54, 1.807) is 0 Å². The molecule has 86 valence electrons. The van der Waals surface area contributed by atoms with Crippen molar-refractivity contribution in [2.45, 2.75) is 25.8 Å². The van der Waals surface area contributed by atoms with Crippen molar-refractivity contribution >= 4 is 23.0 Å². The van der Waals surface area contributed by atoms with Gasteiger partial charge in [-0.15, -0.1) is 0 Å². The van der Waals surface area contributed by atoms with Crippen LogP contribution < -0.4 is 10.2 Å². The van der Waals surface area contributed by atoms with E-state index in [0.29, 0.717) is 6.04 Å². The van der Waals surface area contributed by atoms with Gasteiger partial charge in [-0.05, 0) is 30.9 Å². The maximum Gasteiger partial charge on any atom is 0.0768 e. The Morgan fingerprint density at radius 1 is 1.44 bits per heavy atom. The molecule has 0 aliphatic carbocycles. The monoisotopic (exact) mass is 236 g/mol. The molecule has 2 nitrogen and oxygen atoms in total. The Hall–Kier alpha value is -0.890. The number of hydrogen-bond acceptors (Lipinski definition) is 2. The van der Waals surface area contributed by atoms with Crippen LogP contribution in [0.4, 0.5) is 11.4 Å². The van der Waals surface area contributed by atoms with Crippen molar-refractivity contribution in [2.75, 3.05) is 23.3 Å². The number of hydrogen-bond donors (Lipinski definition) is 1. The van der Waals surface area contributed by atoms with E-state index in [1.165, 1.54) is 25.1 Å². The summed E-state index contributed by atoms with van der Waals surface area (Å²) in [5.41, 5.74) is 2.41. The summed E-state index contributed by atoms with van der Waals surface area (Å²) in [7, 11) is 0. The number of nitrogens with zero attached hydrogens (tertiary/aromatic N) is 1. The van der Waals surface area contributed by atoms with Crippen molar-refractivity contribution in [3.8, 4) is 0 Å². The van der Waals surface area contributed by atoms with Gasteiger partial charge in [0.05, 0.1) is 16.4 Å². The molecule has 2 atom stereocenters. The van der Waals surface area contributed by atoms with Gasteiger partial charge in [0.25, 0.3) is 0 Å². The maximum absolute atomic E-state index is 6.21. The van der Waals surface area contributed by atoms with Crippen LogP contribution in [-0.2, 0) is 0 Å². The Morgan fingerprint density at radius 3 is 3.19 bits per heavy atom. The highest BCUT2D eigenvalue weighted by molar-refractivity contribution is 6.34. The average molecular weight is 237 g/mol. The minimum atomic E-state index is 0.648. The predicted octanol–water partition coefficient (Wildman–Crippen LogP) is 3.37. The Morgan fingerprint density at radius 2 is 2.31 bits per heavy atom. The second-order valence-electron chi connectivity index (χ2n) is 4.99. The topological polar surface area (TPSA) is 15.3 Å². The summed E-state index contributed by atoms with van der Waals surface area (Å²) in [5.74, 6) is 0.851. The summed E-state index contributed by atoms with van der Waals surface area (Å²) in [6.45, 7) is 4.55. The molecule has 0 amide bonds. The molecular formula is C13H17ClN2. The quantitative estimate of drug-likeness (QED) is 0.743. The molecule has 2 unspecified atom stereocenters. The Balaban J connectivity index is 1.97. The molecule has 1 N–H and O–H groups in total. The molecule has 1 fully saturated rings.